The van der Waals surface area contributed by atoms with Gasteiger partial charge < -0.3 is 19.3 Å². The molecule has 5 rings (SSSR count). The fraction of sp³-hybridized carbons (Fsp3) is 0.679. The quantitative estimate of drug-likeness (QED) is 0.335. The zero-order valence-corrected chi connectivity index (χ0v) is 21.0. The molecule has 0 aliphatic heterocycles. The number of carbonyl (C=O) groups excluding carboxylic acids is 2. The Morgan fingerprint density at radius 1 is 1.00 bits per heavy atom. The number of carbonyl (C=O) groups is 3. The van der Waals surface area contributed by atoms with E-state index in [-0.39, 0.29) is 11.3 Å². The Balaban J connectivity index is 1.20. The van der Waals surface area contributed by atoms with Gasteiger partial charge in [-0.3, -0.25) is 0 Å². The summed E-state index contributed by atoms with van der Waals surface area (Å²) in [4.78, 5) is 36.4. The molecule has 4 fully saturated rings. The first-order valence-electron chi connectivity index (χ1n) is 13.4. The van der Waals surface area contributed by atoms with Crippen molar-refractivity contribution in [3.8, 4) is 5.75 Å². The van der Waals surface area contributed by atoms with E-state index in [4.69, 9.17) is 19.3 Å². The van der Waals surface area contributed by atoms with Crippen molar-refractivity contribution in [2.45, 2.75) is 88.8 Å². The monoisotopic (exact) mass is 520 g/mol. The highest BCUT2D eigenvalue weighted by Gasteiger charge is 2.61. The first-order valence-corrected chi connectivity index (χ1v) is 13.4. The van der Waals surface area contributed by atoms with Crippen LogP contribution in [0.2, 0.25) is 0 Å². The first kappa shape index (κ1) is 25.9. The number of fused-ring (bicyclic) bond motifs is 5. The molecule has 4 aliphatic rings. The Bertz CT molecular complexity index is 1040. The van der Waals surface area contributed by atoms with Gasteiger partial charge in [0.25, 0.3) is 0 Å². The number of alkyl halides is 2. The summed E-state index contributed by atoms with van der Waals surface area (Å²) in [7, 11) is 0. The molecule has 7 nitrogen and oxygen atoms in total. The Hall–Kier alpha value is -2.71. The molecule has 2 bridgehead atoms. The fourth-order valence-electron chi connectivity index (χ4n) is 7.68. The molecule has 37 heavy (non-hydrogen) atoms. The van der Waals surface area contributed by atoms with Gasteiger partial charge in [0, 0.05) is 11.8 Å². The number of carboxylic acid groups (broad SMARTS) is 1. The lowest BCUT2D eigenvalue weighted by Gasteiger charge is -2.39. The molecule has 1 aromatic rings. The summed E-state index contributed by atoms with van der Waals surface area (Å²) < 4.78 is 45.2. The molecular weight excluding hydrogens is 486 g/mol. The standard InChI is InChI=1S/C28H34F2O7/c1-27(15-18-14-22(27)21-9-5-8-20(18)21)37-26(34)35-19-12-10-17(11-13-19)24(31)36-23(28(29,30)25(32)33)16-6-3-2-4-7-16/h10-13,16,18,20-23H,2-9,14-15H2,1H3,(H,32,33). The molecule has 4 saturated carbocycles. The molecule has 0 spiro atoms. The van der Waals surface area contributed by atoms with Crippen molar-refractivity contribution in [3.63, 3.8) is 0 Å². The molecule has 0 radical (unpaired) electrons. The van der Waals surface area contributed by atoms with Gasteiger partial charge in [-0.1, -0.05) is 25.7 Å². The van der Waals surface area contributed by atoms with Gasteiger partial charge in [-0.25, -0.2) is 14.4 Å². The van der Waals surface area contributed by atoms with E-state index < -0.39 is 41.6 Å². The predicted octanol–water partition coefficient (Wildman–Crippen LogP) is 6.24. The van der Waals surface area contributed by atoms with Gasteiger partial charge in [-0.2, -0.15) is 8.78 Å². The summed E-state index contributed by atoms with van der Waals surface area (Å²) in [5.41, 5.74) is -0.587. The molecule has 9 heteroatoms. The van der Waals surface area contributed by atoms with E-state index >= 15 is 0 Å². The van der Waals surface area contributed by atoms with Crippen molar-refractivity contribution in [3.05, 3.63) is 29.8 Å². The highest BCUT2D eigenvalue weighted by atomic mass is 19.3. The number of benzene rings is 1. The van der Waals surface area contributed by atoms with Crippen molar-refractivity contribution >= 4 is 18.1 Å². The SMILES string of the molecule is CC1(OC(=O)Oc2ccc(C(=O)OC(C3CCCCC3)C(F)(F)C(=O)O)cc2)CC2CC1C1CCCC21. The molecule has 1 N–H and O–H groups in total. The Morgan fingerprint density at radius 2 is 1.68 bits per heavy atom. The van der Waals surface area contributed by atoms with Crippen LogP contribution < -0.4 is 4.74 Å². The van der Waals surface area contributed by atoms with Crippen molar-refractivity contribution in [1.29, 1.82) is 0 Å². The number of rotatable bonds is 7. The maximum atomic E-state index is 14.5. The number of hydrogen-bond donors (Lipinski definition) is 1. The van der Waals surface area contributed by atoms with Crippen molar-refractivity contribution < 1.29 is 42.5 Å². The third-order valence-corrected chi connectivity index (χ3v) is 9.32. The molecule has 0 saturated heterocycles. The molecule has 4 aliphatic carbocycles. The van der Waals surface area contributed by atoms with E-state index in [1.165, 1.54) is 43.5 Å². The lowest BCUT2D eigenvalue weighted by molar-refractivity contribution is -0.189. The van der Waals surface area contributed by atoms with Crippen molar-refractivity contribution in [2.24, 2.45) is 29.6 Å². The van der Waals surface area contributed by atoms with Gasteiger partial charge >= 0.3 is 24.0 Å². The minimum atomic E-state index is -4.20. The Kier molecular flexibility index (Phi) is 6.92. The van der Waals surface area contributed by atoms with Crippen LogP contribution in [0.5, 0.6) is 5.75 Å². The van der Waals surface area contributed by atoms with Gasteiger partial charge in [0.15, 0.2) is 6.10 Å². The summed E-state index contributed by atoms with van der Waals surface area (Å²) in [6.45, 7) is 1.99. The molecule has 1 aromatic carbocycles. The number of halogens is 2. The van der Waals surface area contributed by atoms with E-state index in [2.05, 4.69) is 0 Å². The Morgan fingerprint density at radius 3 is 2.35 bits per heavy atom. The second-order valence-corrected chi connectivity index (χ2v) is 11.5. The van der Waals surface area contributed by atoms with Gasteiger partial charge in [0.05, 0.1) is 5.56 Å². The molecule has 6 atom stereocenters. The molecule has 202 valence electrons. The first-order chi connectivity index (χ1) is 17.6. The van der Waals surface area contributed by atoms with Gasteiger partial charge in [0.1, 0.15) is 11.4 Å². The number of hydrogen-bond acceptors (Lipinski definition) is 6. The molecule has 0 aromatic heterocycles. The van der Waals surface area contributed by atoms with E-state index in [1.54, 1.807) is 0 Å². The van der Waals surface area contributed by atoms with Gasteiger partial charge in [-0.05, 0) is 87.5 Å². The van der Waals surface area contributed by atoms with Crippen LogP contribution in [0.1, 0.15) is 81.5 Å². The van der Waals surface area contributed by atoms with E-state index in [0.29, 0.717) is 43.4 Å². The normalized spacial score (nSPS) is 32.0. The van der Waals surface area contributed by atoms with Crippen LogP contribution in [-0.4, -0.2) is 40.8 Å². The highest BCUT2D eigenvalue weighted by molar-refractivity contribution is 5.90. The van der Waals surface area contributed by atoms with Gasteiger partial charge in [0.2, 0.25) is 0 Å². The molecule has 0 amide bonds. The topological polar surface area (TPSA) is 99.1 Å². The van der Waals surface area contributed by atoms with Crippen LogP contribution in [-0.2, 0) is 14.3 Å². The fourth-order valence-corrected chi connectivity index (χ4v) is 7.68. The summed E-state index contributed by atoms with van der Waals surface area (Å²) >= 11 is 0. The zero-order chi connectivity index (χ0) is 26.4. The number of aliphatic carboxylic acids is 1. The van der Waals surface area contributed by atoms with E-state index in [1.807, 2.05) is 6.92 Å². The van der Waals surface area contributed by atoms with Crippen LogP contribution in [0.25, 0.3) is 0 Å². The smallest absolute Gasteiger partial charge is 0.477 e. The Labute approximate surface area is 214 Å². The second-order valence-electron chi connectivity index (χ2n) is 11.5. The number of carboxylic acids is 1. The maximum absolute atomic E-state index is 14.5. The van der Waals surface area contributed by atoms with Crippen LogP contribution in [0.15, 0.2) is 24.3 Å². The van der Waals surface area contributed by atoms with Crippen LogP contribution in [0.3, 0.4) is 0 Å². The van der Waals surface area contributed by atoms with Crippen molar-refractivity contribution in [2.75, 3.05) is 0 Å². The number of esters is 1. The minimum absolute atomic E-state index is 0.0462. The lowest BCUT2D eigenvalue weighted by Crippen LogP contribution is -2.48. The third-order valence-electron chi connectivity index (χ3n) is 9.32. The number of ether oxygens (including phenoxy) is 3. The van der Waals surface area contributed by atoms with E-state index in [9.17, 15) is 23.2 Å². The lowest BCUT2D eigenvalue weighted by atomic mass is 9.74. The molecule has 6 unspecified atom stereocenters. The van der Waals surface area contributed by atoms with Crippen LogP contribution in [0.4, 0.5) is 13.6 Å². The third kappa shape index (κ3) is 4.93. The summed E-state index contributed by atoms with van der Waals surface area (Å²) in [6.07, 6.45) is 5.78. The summed E-state index contributed by atoms with van der Waals surface area (Å²) in [5, 5.41) is 9.04. The van der Waals surface area contributed by atoms with Crippen molar-refractivity contribution in [1.82, 2.24) is 0 Å². The minimum Gasteiger partial charge on any atom is -0.477 e. The average Bonchev–Trinajstić information content (AvgIpc) is 3.55. The highest BCUT2D eigenvalue weighted by Crippen LogP contribution is 2.63. The van der Waals surface area contributed by atoms with Gasteiger partial charge in [-0.15, -0.1) is 0 Å². The average molecular weight is 521 g/mol. The van der Waals surface area contributed by atoms with Crippen LogP contribution >= 0.6 is 0 Å². The maximum Gasteiger partial charge on any atom is 0.514 e. The molecule has 0 heterocycles. The summed E-state index contributed by atoms with van der Waals surface area (Å²) in [6, 6.07) is 5.31. The largest absolute Gasteiger partial charge is 0.514 e. The predicted molar refractivity (Wildman–Crippen MR) is 127 cm³/mol. The van der Waals surface area contributed by atoms with E-state index in [0.717, 1.165) is 25.2 Å². The second kappa shape index (κ2) is 9.87. The summed E-state index contributed by atoms with van der Waals surface area (Å²) in [5.74, 6) is -5.80. The van der Waals surface area contributed by atoms with Crippen LogP contribution in [0, 0.1) is 29.6 Å². The zero-order valence-electron chi connectivity index (χ0n) is 21.0. The molecular formula is C28H34F2O7.